The molecule has 3 heterocycles. The summed E-state index contributed by atoms with van der Waals surface area (Å²) in [4.78, 5) is 27.3. The van der Waals surface area contributed by atoms with Gasteiger partial charge in [-0.2, -0.15) is 9.78 Å². The number of ether oxygens (including phenoxy) is 1. The number of aromatic nitrogens is 6. The maximum atomic E-state index is 13.3. The number of amides is 2. The van der Waals surface area contributed by atoms with Crippen LogP contribution in [0.1, 0.15) is 37.1 Å². The molecule has 0 bridgehead atoms. The van der Waals surface area contributed by atoms with Crippen molar-refractivity contribution in [3.63, 3.8) is 0 Å². The summed E-state index contributed by atoms with van der Waals surface area (Å²) >= 11 is 12.7. The molecule has 14 heteroatoms. The summed E-state index contributed by atoms with van der Waals surface area (Å²) in [5, 5.41) is 26.5. The molecule has 1 unspecified atom stereocenters. The molecular formula is C30H31Cl2N9O3. The number of carbonyl (C=O) groups is 2. The van der Waals surface area contributed by atoms with Gasteiger partial charge in [-0.05, 0) is 90.3 Å². The molecule has 228 valence electrons. The molecule has 0 aliphatic carbocycles. The third-order valence-electron chi connectivity index (χ3n) is 7.45. The maximum Gasteiger partial charge on any atom is 0.411 e. The molecule has 1 aliphatic rings. The van der Waals surface area contributed by atoms with Gasteiger partial charge in [0.05, 0.1) is 24.5 Å². The van der Waals surface area contributed by atoms with Crippen LogP contribution in [-0.4, -0.2) is 74.0 Å². The quantitative estimate of drug-likeness (QED) is 0.225. The zero-order chi connectivity index (χ0) is 31.1. The zero-order valence-corrected chi connectivity index (χ0v) is 25.7. The van der Waals surface area contributed by atoms with Gasteiger partial charge in [0.2, 0.25) is 5.91 Å². The van der Waals surface area contributed by atoms with Crippen LogP contribution in [0.4, 0.5) is 10.5 Å². The predicted octanol–water partition coefficient (Wildman–Crippen LogP) is 5.21. The molecule has 1 saturated heterocycles. The standard InChI is InChI=1S/C30H31Cl2N9O3/c1-3-40-13-12-19(17-40)14-25(35-28(42)11-6-21-15-22(31)7-10-27(21)41-18-33-38-39-41)26-16-24(29(32)37-36-26)20-4-8-23(9-5-20)34-30(43)44-2/h4-11,15-16,18-19,25H,3,12-14,17H2,1-2H3,(H,34,43)(H,35,42)/b11-6+/t19?,25-/m0/s1. The zero-order valence-electron chi connectivity index (χ0n) is 24.2. The lowest BCUT2D eigenvalue weighted by Crippen LogP contribution is -2.30. The van der Waals surface area contributed by atoms with Crippen LogP contribution in [0.5, 0.6) is 0 Å². The van der Waals surface area contributed by atoms with Crippen molar-refractivity contribution in [1.29, 1.82) is 0 Å². The van der Waals surface area contributed by atoms with Gasteiger partial charge in [-0.1, -0.05) is 42.3 Å². The fourth-order valence-electron chi connectivity index (χ4n) is 5.17. The van der Waals surface area contributed by atoms with E-state index in [1.807, 2.05) is 18.2 Å². The van der Waals surface area contributed by atoms with Gasteiger partial charge in [0.1, 0.15) is 6.33 Å². The molecule has 2 amide bonds. The Morgan fingerprint density at radius 1 is 1.14 bits per heavy atom. The average Bonchev–Trinajstić information content (AvgIpc) is 3.73. The molecule has 1 fully saturated rings. The third-order valence-corrected chi connectivity index (χ3v) is 7.97. The number of halogens is 2. The van der Waals surface area contributed by atoms with Gasteiger partial charge in [0, 0.05) is 34.5 Å². The first-order valence-corrected chi connectivity index (χ1v) is 14.8. The molecule has 2 atom stereocenters. The van der Waals surface area contributed by atoms with Crippen LogP contribution in [-0.2, 0) is 9.53 Å². The van der Waals surface area contributed by atoms with Gasteiger partial charge in [0.25, 0.3) is 0 Å². The van der Waals surface area contributed by atoms with Gasteiger partial charge in [0.15, 0.2) is 5.15 Å². The number of rotatable bonds is 10. The van der Waals surface area contributed by atoms with Gasteiger partial charge in [-0.15, -0.1) is 10.2 Å². The van der Waals surface area contributed by atoms with Crippen LogP contribution in [0.15, 0.2) is 60.9 Å². The topological polar surface area (TPSA) is 140 Å². The molecule has 44 heavy (non-hydrogen) atoms. The number of hydrogen-bond donors (Lipinski definition) is 2. The Labute approximate surface area is 264 Å². The number of tetrazole rings is 1. The third kappa shape index (κ3) is 7.76. The Kier molecular flexibility index (Phi) is 10.2. The lowest BCUT2D eigenvalue weighted by molar-refractivity contribution is -0.117. The van der Waals surface area contributed by atoms with E-state index in [0.717, 1.165) is 31.6 Å². The van der Waals surface area contributed by atoms with Gasteiger partial charge >= 0.3 is 6.09 Å². The number of likely N-dealkylation sites (tertiary alicyclic amines) is 1. The number of benzene rings is 2. The van der Waals surface area contributed by atoms with E-state index >= 15 is 0 Å². The molecule has 2 N–H and O–H groups in total. The minimum absolute atomic E-state index is 0.224. The maximum absolute atomic E-state index is 13.3. The van der Waals surface area contributed by atoms with Crippen LogP contribution >= 0.6 is 23.2 Å². The van der Waals surface area contributed by atoms with E-state index in [4.69, 9.17) is 23.2 Å². The number of hydrogen-bond acceptors (Lipinski definition) is 9. The van der Waals surface area contributed by atoms with E-state index < -0.39 is 12.1 Å². The largest absolute Gasteiger partial charge is 0.453 e. The fourth-order valence-corrected chi connectivity index (χ4v) is 5.55. The van der Waals surface area contributed by atoms with Gasteiger partial charge in [-0.25, -0.2) is 4.79 Å². The van der Waals surface area contributed by atoms with Crippen molar-refractivity contribution >= 4 is 47.0 Å². The first-order valence-electron chi connectivity index (χ1n) is 14.0. The first-order chi connectivity index (χ1) is 21.3. The van der Waals surface area contributed by atoms with Crippen molar-refractivity contribution in [3.05, 3.63) is 82.4 Å². The summed E-state index contributed by atoms with van der Waals surface area (Å²) in [7, 11) is 1.30. The molecule has 2 aromatic carbocycles. The number of nitrogens with one attached hydrogen (secondary N) is 2. The van der Waals surface area contributed by atoms with Crippen LogP contribution in [0, 0.1) is 5.92 Å². The Balaban J connectivity index is 1.40. The highest BCUT2D eigenvalue weighted by molar-refractivity contribution is 6.32. The molecule has 12 nitrogen and oxygen atoms in total. The molecule has 0 radical (unpaired) electrons. The van der Waals surface area contributed by atoms with Crippen LogP contribution in [0.3, 0.4) is 0 Å². The summed E-state index contributed by atoms with van der Waals surface area (Å²) in [5.41, 5.74) is 3.94. The van der Waals surface area contributed by atoms with Crippen molar-refractivity contribution in [2.24, 2.45) is 5.92 Å². The summed E-state index contributed by atoms with van der Waals surface area (Å²) in [5.74, 6) is 0.0627. The van der Waals surface area contributed by atoms with Crippen molar-refractivity contribution in [1.82, 2.24) is 40.6 Å². The minimum atomic E-state index is -0.563. The normalized spacial score (nSPS) is 15.8. The van der Waals surface area contributed by atoms with E-state index in [-0.39, 0.29) is 11.1 Å². The van der Waals surface area contributed by atoms with Gasteiger partial charge in [-0.3, -0.25) is 10.1 Å². The number of anilines is 1. The van der Waals surface area contributed by atoms with E-state index in [2.05, 4.69) is 52.9 Å². The summed E-state index contributed by atoms with van der Waals surface area (Å²) in [6, 6.07) is 13.8. The highest BCUT2D eigenvalue weighted by atomic mass is 35.5. The highest BCUT2D eigenvalue weighted by Gasteiger charge is 2.27. The fraction of sp³-hybridized carbons (Fsp3) is 0.300. The number of nitrogens with zero attached hydrogens (tertiary/aromatic N) is 7. The van der Waals surface area contributed by atoms with Crippen molar-refractivity contribution < 1.29 is 14.3 Å². The Hall–Kier alpha value is -4.39. The monoisotopic (exact) mass is 635 g/mol. The van der Waals surface area contributed by atoms with Crippen molar-refractivity contribution in [3.8, 4) is 16.8 Å². The molecule has 5 rings (SSSR count). The highest BCUT2D eigenvalue weighted by Crippen LogP contribution is 2.32. The van der Waals surface area contributed by atoms with Crippen LogP contribution < -0.4 is 10.6 Å². The van der Waals surface area contributed by atoms with E-state index in [1.54, 1.807) is 36.4 Å². The number of carbonyl (C=O) groups excluding carboxylic acids is 2. The molecule has 0 spiro atoms. The summed E-state index contributed by atoms with van der Waals surface area (Å²) < 4.78 is 6.15. The van der Waals surface area contributed by atoms with Gasteiger partial charge < -0.3 is 15.0 Å². The smallest absolute Gasteiger partial charge is 0.411 e. The van der Waals surface area contributed by atoms with Crippen LogP contribution in [0.25, 0.3) is 22.9 Å². The lowest BCUT2D eigenvalue weighted by atomic mass is 9.95. The Morgan fingerprint density at radius 2 is 1.95 bits per heavy atom. The second-order valence-corrected chi connectivity index (χ2v) is 11.1. The average molecular weight is 637 g/mol. The van der Waals surface area contributed by atoms with Crippen molar-refractivity contribution in [2.45, 2.75) is 25.8 Å². The minimum Gasteiger partial charge on any atom is -0.453 e. The Morgan fingerprint density at radius 3 is 2.66 bits per heavy atom. The SMILES string of the molecule is CCN1CCC(C[C@H](NC(=O)/C=C/c2cc(Cl)ccc2-n2cnnn2)c2cc(-c3ccc(NC(=O)OC)cc3)c(Cl)nn2)C1. The first kappa shape index (κ1) is 31.0. The van der Waals surface area contributed by atoms with E-state index in [9.17, 15) is 9.59 Å². The predicted molar refractivity (Wildman–Crippen MR) is 167 cm³/mol. The summed E-state index contributed by atoms with van der Waals surface area (Å²) in [6.07, 6.45) is 5.74. The second kappa shape index (κ2) is 14.4. The van der Waals surface area contributed by atoms with Crippen LogP contribution in [0.2, 0.25) is 10.2 Å². The molecule has 1 aliphatic heterocycles. The second-order valence-electron chi connectivity index (χ2n) is 10.3. The Bertz CT molecular complexity index is 1630. The molecular weight excluding hydrogens is 605 g/mol. The molecule has 4 aromatic rings. The number of methoxy groups -OCH3 is 1. The lowest BCUT2D eigenvalue weighted by Gasteiger charge is -2.22. The van der Waals surface area contributed by atoms with E-state index in [0.29, 0.717) is 45.6 Å². The molecule has 2 aromatic heterocycles. The van der Waals surface area contributed by atoms with Crippen molar-refractivity contribution in [2.75, 3.05) is 32.1 Å². The molecule has 0 saturated carbocycles. The van der Waals surface area contributed by atoms with E-state index in [1.165, 1.54) is 24.2 Å². The summed E-state index contributed by atoms with van der Waals surface area (Å²) in [6.45, 7) is 5.08.